The fourth-order valence-corrected chi connectivity index (χ4v) is 2.07. The van der Waals surface area contributed by atoms with E-state index in [-0.39, 0.29) is 5.78 Å². The molecule has 1 aromatic carbocycles. The zero-order chi connectivity index (χ0) is 14.1. The van der Waals surface area contributed by atoms with E-state index in [0.29, 0.717) is 12.3 Å². The van der Waals surface area contributed by atoms with Crippen molar-refractivity contribution in [1.82, 2.24) is 5.32 Å². The summed E-state index contributed by atoms with van der Waals surface area (Å²) in [5, 5.41) is 3.39. The predicted molar refractivity (Wildman–Crippen MR) is 81.6 cm³/mol. The maximum atomic E-state index is 10.8. The first-order valence-corrected chi connectivity index (χ1v) is 7.42. The molecule has 0 aliphatic heterocycles. The van der Waals surface area contributed by atoms with Crippen molar-refractivity contribution >= 4 is 5.78 Å². The number of nitrogens with one attached hydrogen (secondary N) is 1. The van der Waals surface area contributed by atoms with Gasteiger partial charge in [0, 0.05) is 6.42 Å². The Morgan fingerprint density at radius 2 is 1.89 bits per heavy atom. The van der Waals surface area contributed by atoms with E-state index in [1.807, 2.05) is 0 Å². The standard InChI is InChI=1S/C17H27NO/c1-4-14(2)17-9-7-16(8-10-17)11-13-18-12-5-6-15(3)19/h7-10,14,18H,4-6,11-13H2,1-3H3. The van der Waals surface area contributed by atoms with Gasteiger partial charge < -0.3 is 10.1 Å². The lowest BCUT2D eigenvalue weighted by molar-refractivity contribution is -0.117. The smallest absolute Gasteiger partial charge is 0.129 e. The largest absolute Gasteiger partial charge is 0.316 e. The van der Waals surface area contributed by atoms with Gasteiger partial charge in [0.25, 0.3) is 0 Å². The molecule has 1 atom stereocenters. The minimum atomic E-state index is 0.280. The normalized spacial score (nSPS) is 12.4. The Morgan fingerprint density at radius 3 is 2.47 bits per heavy atom. The van der Waals surface area contributed by atoms with E-state index in [1.165, 1.54) is 17.5 Å². The number of ketones is 1. The van der Waals surface area contributed by atoms with Gasteiger partial charge in [-0.05, 0) is 56.3 Å². The molecule has 1 N–H and O–H groups in total. The van der Waals surface area contributed by atoms with E-state index in [2.05, 4.69) is 43.4 Å². The topological polar surface area (TPSA) is 29.1 Å². The second-order valence-corrected chi connectivity index (χ2v) is 5.36. The van der Waals surface area contributed by atoms with Gasteiger partial charge >= 0.3 is 0 Å². The quantitative estimate of drug-likeness (QED) is 0.687. The van der Waals surface area contributed by atoms with Crippen molar-refractivity contribution in [3.05, 3.63) is 35.4 Å². The maximum absolute atomic E-state index is 10.8. The van der Waals surface area contributed by atoms with Gasteiger partial charge in [0.1, 0.15) is 5.78 Å². The number of benzene rings is 1. The summed E-state index contributed by atoms with van der Waals surface area (Å²) >= 11 is 0. The van der Waals surface area contributed by atoms with Crippen molar-refractivity contribution < 1.29 is 4.79 Å². The van der Waals surface area contributed by atoms with Crippen LogP contribution in [0.3, 0.4) is 0 Å². The van der Waals surface area contributed by atoms with Crippen LogP contribution in [0, 0.1) is 0 Å². The highest BCUT2D eigenvalue weighted by atomic mass is 16.1. The van der Waals surface area contributed by atoms with Gasteiger partial charge in [0.2, 0.25) is 0 Å². The molecule has 0 fully saturated rings. The summed E-state index contributed by atoms with van der Waals surface area (Å²) in [5.41, 5.74) is 2.81. The van der Waals surface area contributed by atoms with Crippen LogP contribution < -0.4 is 5.32 Å². The van der Waals surface area contributed by atoms with Crippen LogP contribution in [0.25, 0.3) is 0 Å². The Labute approximate surface area is 117 Å². The molecule has 1 unspecified atom stereocenters. The highest BCUT2D eigenvalue weighted by Crippen LogP contribution is 2.18. The first-order chi connectivity index (χ1) is 9.13. The molecular weight excluding hydrogens is 234 g/mol. The molecule has 0 radical (unpaired) electrons. The summed E-state index contributed by atoms with van der Waals surface area (Å²) in [6.07, 6.45) is 3.89. The van der Waals surface area contributed by atoms with Crippen molar-refractivity contribution in [2.45, 2.75) is 52.4 Å². The van der Waals surface area contributed by atoms with Gasteiger partial charge in [-0.15, -0.1) is 0 Å². The van der Waals surface area contributed by atoms with Crippen molar-refractivity contribution in [1.29, 1.82) is 0 Å². The first kappa shape index (κ1) is 15.9. The maximum Gasteiger partial charge on any atom is 0.129 e. The number of Topliss-reactive ketones (excluding diaryl/α,β-unsaturated/α-hetero) is 1. The Kier molecular flexibility index (Phi) is 7.42. The predicted octanol–water partition coefficient (Wildman–Crippen LogP) is 3.70. The molecule has 0 aliphatic rings. The van der Waals surface area contributed by atoms with Crippen molar-refractivity contribution in [3.8, 4) is 0 Å². The molecule has 1 aromatic rings. The molecule has 2 nitrogen and oxygen atoms in total. The van der Waals surface area contributed by atoms with Crippen LogP contribution in [0.5, 0.6) is 0 Å². The van der Waals surface area contributed by atoms with Gasteiger partial charge in [-0.2, -0.15) is 0 Å². The number of rotatable bonds is 9. The van der Waals surface area contributed by atoms with Crippen LogP contribution >= 0.6 is 0 Å². The van der Waals surface area contributed by atoms with Crippen LogP contribution in [-0.2, 0) is 11.2 Å². The van der Waals surface area contributed by atoms with Crippen LogP contribution in [0.1, 0.15) is 57.1 Å². The molecule has 0 spiro atoms. The molecule has 0 aliphatic carbocycles. The van der Waals surface area contributed by atoms with Crippen LogP contribution in [0.4, 0.5) is 0 Å². The lowest BCUT2D eigenvalue weighted by Gasteiger charge is -2.10. The average Bonchev–Trinajstić information content (AvgIpc) is 2.42. The number of hydrogen-bond acceptors (Lipinski definition) is 2. The molecular formula is C17H27NO. The summed E-state index contributed by atoms with van der Waals surface area (Å²) in [6.45, 7) is 8.07. The summed E-state index contributed by atoms with van der Waals surface area (Å²) in [5.74, 6) is 0.932. The van der Waals surface area contributed by atoms with E-state index in [0.717, 1.165) is 25.9 Å². The van der Waals surface area contributed by atoms with E-state index in [4.69, 9.17) is 0 Å². The van der Waals surface area contributed by atoms with E-state index < -0.39 is 0 Å². The molecule has 0 amide bonds. The summed E-state index contributed by atoms with van der Waals surface area (Å²) in [6, 6.07) is 8.97. The molecule has 0 saturated carbocycles. The van der Waals surface area contributed by atoms with Crippen molar-refractivity contribution in [2.24, 2.45) is 0 Å². The fraction of sp³-hybridized carbons (Fsp3) is 0.588. The summed E-state index contributed by atoms with van der Waals surface area (Å²) in [4.78, 5) is 10.8. The monoisotopic (exact) mass is 261 g/mol. The lowest BCUT2D eigenvalue weighted by Crippen LogP contribution is -2.19. The molecule has 19 heavy (non-hydrogen) atoms. The molecule has 0 heterocycles. The van der Waals surface area contributed by atoms with Crippen molar-refractivity contribution in [3.63, 3.8) is 0 Å². The second-order valence-electron chi connectivity index (χ2n) is 5.36. The molecule has 0 aromatic heterocycles. The third-order valence-corrected chi connectivity index (χ3v) is 3.63. The highest BCUT2D eigenvalue weighted by Gasteiger charge is 2.02. The van der Waals surface area contributed by atoms with Gasteiger partial charge in [-0.3, -0.25) is 0 Å². The third kappa shape index (κ3) is 6.53. The molecule has 2 heteroatoms. The minimum Gasteiger partial charge on any atom is -0.316 e. The molecule has 0 bridgehead atoms. The van der Waals surface area contributed by atoms with Crippen LogP contribution in [0.15, 0.2) is 24.3 Å². The average molecular weight is 261 g/mol. The molecule has 0 saturated heterocycles. The van der Waals surface area contributed by atoms with E-state index in [1.54, 1.807) is 6.92 Å². The Morgan fingerprint density at radius 1 is 1.21 bits per heavy atom. The Hall–Kier alpha value is -1.15. The second kappa shape index (κ2) is 8.87. The summed E-state index contributed by atoms with van der Waals surface area (Å²) < 4.78 is 0. The summed E-state index contributed by atoms with van der Waals surface area (Å²) in [7, 11) is 0. The number of carbonyl (C=O) groups excluding carboxylic acids is 1. The minimum absolute atomic E-state index is 0.280. The lowest BCUT2D eigenvalue weighted by atomic mass is 9.97. The first-order valence-electron chi connectivity index (χ1n) is 7.42. The van der Waals surface area contributed by atoms with E-state index in [9.17, 15) is 4.79 Å². The molecule has 1 rings (SSSR count). The Balaban J connectivity index is 2.21. The SMILES string of the molecule is CCC(C)c1ccc(CCNCCCC(C)=O)cc1. The van der Waals surface area contributed by atoms with Crippen LogP contribution in [0.2, 0.25) is 0 Å². The van der Waals surface area contributed by atoms with E-state index >= 15 is 0 Å². The number of hydrogen-bond donors (Lipinski definition) is 1. The van der Waals surface area contributed by atoms with Gasteiger partial charge in [-0.25, -0.2) is 0 Å². The fourth-order valence-electron chi connectivity index (χ4n) is 2.07. The highest BCUT2D eigenvalue weighted by molar-refractivity contribution is 5.75. The molecule has 106 valence electrons. The number of carbonyl (C=O) groups is 1. The van der Waals surface area contributed by atoms with Crippen molar-refractivity contribution in [2.75, 3.05) is 13.1 Å². The van der Waals surface area contributed by atoms with Gasteiger partial charge in [0.15, 0.2) is 0 Å². The zero-order valence-corrected chi connectivity index (χ0v) is 12.5. The van der Waals surface area contributed by atoms with Crippen LogP contribution in [-0.4, -0.2) is 18.9 Å². The van der Waals surface area contributed by atoms with Gasteiger partial charge in [-0.1, -0.05) is 38.1 Å². The zero-order valence-electron chi connectivity index (χ0n) is 12.5. The van der Waals surface area contributed by atoms with Gasteiger partial charge in [0.05, 0.1) is 0 Å². The Bertz CT molecular complexity index is 369. The third-order valence-electron chi connectivity index (χ3n) is 3.63.